The second-order valence-electron chi connectivity index (χ2n) is 13.2. The molecule has 1 spiro atoms. The molecule has 7 atom stereocenters. The molecule has 2 aromatic carbocycles. The molecule has 0 bridgehead atoms. The van der Waals surface area contributed by atoms with E-state index in [-0.39, 0.29) is 35.4 Å². The van der Waals surface area contributed by atoms with Crippen LogP contribution in [0.2, 0.25) is 0 Å². The standard InChI is InChI=1S/C33H41NO4/c1-22-13-14-28-26(29(35)37-33(28)27(22)15-18-31(2)30(33)38-31)21-34-19-16-25(17-20-34)32(36,23-9-5-3-6-10-23)24-11-7-4-8-12-24/h3-12,22,25-28,30,36H,13-21H2,1-2H3/p+1/t22-,26+,27-,28+,30+,31+,33+/m0/s1. The monoisotopic (exact) mass is 516 g/mol. The van der Waals surface area contributed by atoms with Crippen LogP contribution in [0.4, 0.5) is 0 Å². The van der Waals surface area contributed by atoms with Gasteiger partial charge in [-0.2, -0.15) is 0 Å². The first-order valence-electron chi connectivity index (χ1n) is 14.9. The number of benzene rings is 2. The lowest BCUT2D eigenvalue weighted by Gasteiger charge is -2.50. The Morgan fingerprint density at radius 3 is 2.18 bits per heavy atom. The number of likely N-dealkylation sites (tertiary alicyclic amines) is 1. The number of rotatable bonds is 5. The summed E-state index contributed by atoms with van der Waals surface area (Å²) in [5.74, 6) is 1.42. The number of quaternary nitrogens is 1. The minimum atomic E-state index is -1.01. The summed E-state index contributed by atoms with van der Waals surface area (Å²) in [6.45, 7) is 7.35. The lowest BCUT2D eigenvalue weighted by atomic mass is 9.55. The van der Waals surface area contributed by atoms with Crippen molar-refractivity contribution in [2.24, 2.45) is 29.6 Å². The molecule has 5 heteroatoms. The molecule has 38 heavy (non-hydrogen) atoms. The van der Waals surface area contributed by atoms with Gasteiger partial charge in [0.15, 0.2) is 0 Å². The maximum absolute atomic E-state index is 13.5. The van der Waals surface area contributed by atoms with Gasteiger partial charge in [-0.05, 0) is 49.7 Å². The maximum Gasteiger partial charge on any atom is 0.315 e. The van der Waals surface area contributed by atoms with Gasteiger partial charge in [0.1, 0.15) is 23.2 Å². The van der Waals surface area contributed by atoms with Crippen LogP contribution < -0.4 is 4.90 Å². The lowest BCUT2D eigenvalue weighted by Crippen LogP contribution is -3.14. The van der Waals surface area contributed by atoms with Gasteiger partial charge in [-0.1, -0.05) is 67.6 Å². The molecule has 3 aliphatic heterocycles. The summed E-state index contributed by atoms with van der Waals surface area (Å²) >= 11 is 0. The zero-order chi connectivity index (χ0) is 26.1. The Hall–Kier alpha value is -2.21. The molecule has 5 aliphatic rings. The van der Waals surface area contributed by atoms with Gasteiger partial charge < -0.3 is 19.5 Å². The van der Waals surface area contributed by atoms with E-state index in [0.29, 0.717) is 11.8 Å². The predicted octanol–water partition coefficient (Wildman–Crippen LogP) is 3.74. The second kappa shape index (κ2) is 8.90. The maximum atomic E-state index is 13.5. The molecule has 3 saturated heterocycles. The number of epoxide rings is 1. The minimum Gasteiger partial charge on any atom is -0.455 e. The lowest BCUT2D eigenvalue weighted by molar-refractivity contribution is -0.909. The van der Waals surface area contributed by atoms with Crippen LogP contribution in [0.1, 0.15) is 63.5 Å². The SMILES string of the molecule is C[C@H]1CC[C@@H]2[C@@H](C[NH+]3CCC(C(O)(c4ccccc4)c4ccccc4)CC3)C(=O)O[C@]23[C@H]1CC[C@@]1(C)O[C@@H]31. The van der Waals surface area contributed by atoms with Crippen LogP contribution in [0.5, 0.6) is 0 Å². The Labute approximate surface area is 226 Å². The summed E-state index contributed by atoms with van der Waals surface area (Å²) in [5, 5.41) is 12.3. The summed E-state index contributed by atoms with van der Waals surface area (Å²) in [7, 11) is 0. The van der Waals surface area contributed by atoms with E-state index in [2.05, 4.69) is 38.1 Å². The van der Waals surface area contributed by atoms with Gasteiger partial charge in [-0.15, -0.1) is 0 Å². The van der Waals surface area contributed by atoms with E-state index in [1.807, 2.05) is 36.4 Å². The number of ether oxygens (including phenoxy) is 2. The number of aliphatic hydroxyl groups is 1. The van der Waals surface area contributed by atoms with Crippen LogP contribution in [-0.4, -0.2) is 48.0 Å². The Balaban J connectivity index is 1.09. The van der Waals surface area contributed by atoms with Crippen molar-refractivity contribution in [3.05, 3.63) is 71.8 Å². The Kier molecular flexibility index (Phi) is 5.81. The molecule has 2 saturated carbocycles. The number of hydrogen-bond acceptors (Lipinski definition) is 4. The third-order valence-electron chi connectivity index (χ3n) is 11.3. The number of fused-ring (bicyclic) bond motifs is 1. The van der Waals surface area contributed by atoms with E-state index in [1.165, 1.54) is 11.3 Å². The second-order valence-corrected chi connectivity index (χ2v) is 13.2. The zero-order valence-electron chi connectivity index (χ0n) is 22.8. The van der Waals surface area contributed by atoms with Gasteiger partial charge in [0.25, 0.3) is 0 Å². The van der Waals surface area contributed by atoms with Gasteiger partial charge in [0, 0.05) is 30.6 Å². The molecule has 0 radical (unpaired) electrons. The molecule has 2 aromatic rings. The molecule has 3 heterocycles. The van der Waals surface area contributed by atoms with E-state index in [9.17, 15) is 9.90 Å². The van der Waals surface area contributed by atoms with Crippen molar-refractivity contribution in [1.82, 2.24) is 0 Å². The number of carbonyl (C=O) groups is 1. The molecule has 2 N–H and O–H groups in total. The highest BCUT2D eigenvalue weighted by Gasteiger charge is 2.77. The third-order valence-corrected chi connectivity index (χ3v) is 11.3. The molecular formula is C33H42NO4+. The van der Waals surface area contributed by atoms with E-state index in [4.69, 9.17) is 9.47 Å². The van der Waals surface area contributed by atoms with Crippen molar-refractivity contribution in [2.75, 3.05) is 19.6 Å². The summed E-state index contributed by atoms with van der Waals surface area (Å²) in [6, 6.07) is 20.3. The molecule has 202 valence electrons. The van der Waals surface area contributed by atoms with Crippen molar-refractivity contribution in [2.45, 2.75) is 75.3 Å². The first-order chi connectivity index (χ1) is 18.4. The molecule has 0 unspecified atom stereocenters. The molecule has 2 aliphatic carbocycles. The zero-order valence-corrected chi connectivity index (χ0v) is 22.8. The van der Waals surface area contributed by atoms with Crippen LogP contribution in [0.3, 0.4) is 0 Å². The van der Waals surface area contributed by atoms with E-state index in [0.717, 1.165) is 62.9 Å². The van der Waals surface area contributed by atoms with E-state index < -0.39 is 11.2 Å². The summed E-state index contributed by atoms with van der Waals surface area (Å²) in [5.41, 5.74) is 0.435. The van der Waals surface area contributed by atoms with Crippen LogP contribution >= 0.6 is 0 Å². The van der Waals surface area contributed by atoms with Gasteiger partial charge in [-0.25, -0.2) is 0 Å². The molecule has 0 aromatic heterocycles. The topological polar surface area (TPSA) is 63.5 Å². The van der Waals surface area contributed by atoms with Gasteiger partial charge in [-0.3, -0.25) is 4.79 Å². The Morgan fingerprint density at radius 2 is 1.55 bits per heavy atom. The first kappa shape index (κ1) is 24.8. The van der Waals surface area contributed by atoms with Crippen molar-refractivity contribution >= 4 is 5.97 Å². The number of carbonyl (C=O) groups excluding carboxylic acids is 1. The van der Waals surface area contributed by atoms with Gasteiger partial charge in [0.2, 0.25) is 0 Å². The van der Waals surface area contributed by atoms with Crippen LogP contribution in [0.25, 0.3) is 0 Å². The molecule has 5 nitrogen and oxygen atoms in total. The first-order valence-corrected chi connectivity index (χ1v) is 14.9. The quantitative estimate of drug-likeness (QED) is 0.470. The Morgan fingerprint density at radius 1 is 0.921 bits per heavy atom. The highest BCUT2D eigenvalue weighted by Crippen LogP contribution is 2.66. The van der Waals surface area contributed by atoms with Crippen molar-refractivity contribution in [1.29, 1.82) is 0 Å². The normalized spacial score (nSPS) is 42.0. The van der Waals surface area contributed by atoms with Crippen molar-refractivity contribution < 1.29 is 24.3 Å². The number of hydrogen-bond donors (Lipinski definition) is 2. The summed E-state index contributed by atoms with van der Waals surface area (Å²) < 4.78 is 12.8. The van der Waals surface area contributed by atoms with Crippen LogP contribution in [0, 0.1) is 29.6 Å². The smallest absolute Gasteiger partial charge is 0.315 e. The average molecular weight is 517 g/mol. The number of piperidine rings is 1. The van der Waals surface area contributed by atoms with E-state index in [1.54, 1.807) is 0 Å². The largest absolute Gasteiger partial charge is 0.455 e. The fourth-order valence-electron chi connectivity index (χ4n) is 9.27. The molecule has 0 amide bonds. The number of esters is 1. The Bertz CT molecular complexity index is 1140. The highest BCUT2D eigenvalue weighted by molar-refractivity contribution is 5.77. The molecule has 7 rings (SSSR count). The average Bonchev–Trinajstić information content (AvgIpc) is 3.58. The molecular weight excluding hydrogens is 474 g/mol. The van der Waals surface area contributed by atoms with Gasteiger partial charge >= 0.3 is 5.97 Å². The third kappa shape index (κ3) is 3.58. The fourth-order valence-corrected chi connectivity index (χ4v) is 9.27. The highest BCUT2D eigenvalue weighted by atomic mass is 16.7. The van der Waals surface area contributed by atoms with Gasteiger partial charge in [0.05, 0.1) is 25.2 Å². The minimum absolute atomic E-state index is 0.0218. The summed E-state index contributed by atoms with van der Waals surface area (Å²) in [6.07, 6.45) is 6.40. The predicted molar refractivity (Wildman–Crippen MR) is 144 cm³/mol. The van der Waals surface area contributed by atoms with Crippen molar-refractivity contribution in [3.8, 4) is 0 Å². The number of nitrogens with one attached hydrogen (secondary N) is 1. The summed E-state index contributed by atoms with van der Waals surface area (Å²) in [4.78, 5) is 15.0. The van der Waals surface area contributed by atoms with E-state index >= 15 is 0 Å². The van der Waals surface area contributed by atoms with Crippen LogP contribution in [0.15, 0.2) is 60.7 Å². The van der Waals surface area contributed by atoms with Crippen molar-refractivity contribution in [3.63, 3.8) is 0 Å². The molecule has 5 fully saturated rings. The fraction of sp³-hybridized carbons (Fsp3) is 0.606. The van der Waals surface area contributed by atoms with Crippen LogP contribution in [-0.2, 0) is 19.9 Å².